The largest absolute Gasteiger partial charge is 0.383 e. The van der Waals surface area contributed by atoms with Gasteiger partial charge in [-0.15, -0.1) is 0 Å². The van der Waals surface area contributed by atoms with Crippen LogP contribution in [0.15, 0.2) is 28.3 Å². The van der Waals surface area contributed by atoms with Gasteiger partial charge in [0.15, 0.2) is 5.82 Å². The summed E-state index contributed by atoms with van der Waals surface area (Å²) in [6, 6.07) is 3.69. The molecule has 2 saturated heterocycles. The number of halogens is 2. The van der Waals surface area contributed by atoms with E-state index >= 15 is 0 Å². The van der Waals surface area contributed by atoms with Crippen molar-refractivity contribution in [1.82, 2.24) is 9.97 Å². The molecule has 1 aromatic carbocycles. The normalized spacial score (nSPS) is 24.8. The number of nitrogens with two attached hydrogens (primary N) is 2. The number of nitrogens with zero attached hydrogens (tertiary/aromatic N) is 3. The van der Waals surface area contributed by atoms with Gasteiger partial charge < -0.3 is 26.4 Å². The van der Waals surface area contributed by atoms with Crippen LogP contribution in [0.4, 0.5) is 21.7 Å². The molecular formula is C21H26ClFN6OS. The third-order valence-electron chi connectivity index (χ3n) is 6.68. The summed E-state index contributed by atoms with van der Waals surface area (Å²) < 4.78 is 20.3. The molecule has 5 rings (SSSR count). The van der Waals surface area contributed by atoms with E-state index in [1.807, 2.05) is 6.07 Å². The maximum absolute atomic E-state index is 14.7. The lowest BCUT2D eigenvalue weighted by Crippen LogP contribution is -2.49. The maximum Gasteiger partial charge on any atom is 0.158 e. The second-order valence-electron chi connectivity index (χ2n) is 8.51. The molecule has 4 heterocycles. The van der Waals surface area contributed by atoms with Crippen molar-refractivity contribution < 1.29 is 9.13 Å². The van der Waals surface area contributed by atoms with Crippen molar-refractivity contribution in [3.05, 3.63) is 28.9 Å². The lowest BCUT2D eigenvalue weighted by Gasteiger charge is -2.41. The second kappa shape index (κ2) is 8.27. The van der Waals surface area contributed by atoms with Gasteiger partial charge >= 0.3 is 0 Å². The molecule has 1 unspecified atom stereocenters. The molecule has 1 aromatic heterocycles. The topological polar surface area (TPSA) is 102 Å². The quantitative estimate of drug-likeness (QED) is 0.632. The van der Waals surface area contributed by atoms with Gasteiger partial charge in [0.2, 0.25) is 0 Å². The summed E-state index contributed by atoms with van der Waals surface area (Å²) >= 11 is 7.59. The highest BCUT2D eigenvalue weighted by Gasteiger charge is 2.44. The predicted octanol–water partition coefficient (Wildman–Crippen LogP) is 3.63. The van der Waals surface area contributed by atoms with E-state index in [1.54, 1.807) is 12.3 Å². The zero-order chi connectivity index (χ0) is 21.6. The van der Waals surface area contributed by atoms with Crippen LogP contribution in [0.3, 0.4) is 0 Å². The summed E-state index contributed by atoms with van der Waals surface area (Å²) in [4.78, 5) is 12.1. The first-order valence-electron chi connectivity index (χ1n) is 10.6. The average molecular weight is 465 g/mol. The van der Waals surface area contributed by atoms with E-state index < -0.39 is 6.17 Å². The third kappa shape index (κ3) is 3.82. The lowest BCUT2D eigenvalue weighted by atomic mass is 9.75. The van der Waals surface area contributed by atoms with E-state index in [9.17, 15) is 4.39 Å². The molecule has 10 heteroatoms. The first kappa shape index (κ1) is 21.1. The number of aromatic nitrogens is 2. The Morgan fingerprint density at radius 2 is 2.13 bits per heavy atom. The molecule has 1 spiro atoms. The number of nitrogen functional groups attached to an aromatic ring is 1. The standard InChI is InChI=1S/C21H26ClFN6OS/c22-12-1-2-14(17-13(23)3-6-26-18(12)17)31-20-19(25)28-16(9-27-20)29-7-4-21(5-8-29)11-30-10-15(21)24/h1-2,9,13,15,26H,3-8,10-11,24H2,(H2,25,28)/t13?,15-/m1/s1. The van der Waals surface area contributed by atoms with Gasteiger partial charge in [0.25, 0.3) is 0 Å². The van der Waals surface area contributed by atoms with Gasteiger partial charge in [-0.25, -0.2) is 14.4 Å². The molecule has 0 amide bonds. The Labute approximate surface area is 190 Å². The van der Waals surface area contributed by atoms with Crippen molar-refractivity contribution in [3.8, 4) is 0 Å². The lowest BCUT2D eigenvalue weighted by molar-refractivity contribution is 0.131. The minimum atomic E-state index is -1.07. The minimum Gasteiger partial charge on any atom is -0.383 e. The van der Waals surface area contributed by atoms with Gasteiger partial charge in [-0.2, -0.15) is 0 Å². The van der Waals surface area contributed by atoms with Crippen LogP contribution in [0.2, 0.25) is 5.02 Å². The summed E-state index contributed by atoms with van der Waals surface area (Å²) in [5.41, 5.74) is 13.8. The molecular weight excluding hydrogens is 439 g/mol. The van der Waals surface area contributed by atoms with Crippen LogP contribution in [0.5, 0.6) is 0 Å². The Balaban J connectivity index is 1.33. The molecule has 7 nitrogen and oxygen atoms in total. The Kier molecular flexibility index (Phi) is 5.62. The molecule has 2 fully saturated rings. The van der Waals surface area contributed by atoms with Gasteiger partial charge in [-0.1, -0.05) is 23.4 Å². The van der Waals surface area contributed by atoms with Crippen molar-refractivity contribution in [2.75, 3.05) is 48.8 Å². The zero-order valence-corrected chi connectivity index (χ0v) is 18.7. The van der Waals surface area contributed by atoms with Crippen molar-refractivity contribution in [2.24, 2.45) is 11.1 Å². The van der Waals surface area contributed by atoms with Crippen molar-refractivity contribution >= 4 is 40.7 Å². The summed E-state index contributed by atoms with van der Waals surface area (Å²) in [6.07, 6.45) is 3.02. The highest BCUT2D eigenvalue weighted by Crippen LogP contribution is 2.45. The summed E-state index contributed by atoms with van der Waals surface area (Å²) in [6.45, 7) is 3.63. The highest BCUT2D eigenvalue weighted by atomic mass is 35.5. The number of piperidine rings is 1. The van der Waals surface area contributed by atoms with Crippen LogP contribution >= 0.6 is 23.4 Å². The van der Waals surface area contributed by atoms with Gasteiger partial charge in [0.05, 0.1) is 30.1 Å². The van der Waals surface area contributed by atoms with Gasteiger partial charge in [0, 0.05) is 48.0 Å². The van der Waals surface area contributed by atoms with Gasteiger partial charge in [-0.05, 0) is 25.0 Å². The Morgan fingerprint density at radius 3 is 2.84 bits per heavy atom. The van der Waals surface area contributed by atoms with Crippen LogP contribution in [0.1, 0.15) is 31.0 Å². The van der Waals surface area contributed by atoms with Crippen LogP contribution in [0, 0.1) is 5.41 Å². The number of alkyl halides is 1. The molecule has 5 N–H and O–H groups in total. The average Bonchev–Trinajstić information content (AvgIpc) is 3.12. The number of fused-ring (bicyclic) bond motifs is 1. The van der Waals surface area contributed by atoms with Crippen LogP contribution in [0.25, 0.3) is 0 Å². The highest BCUT2D eigenvalue weighted by molar-refractivity contribution is 7.99. The fourth-order valence-corrected chi connectivity index (χ4v) is 5.88. The van der Waals surface area contributed by atoms with Crippen molar-refractivity contribution in [2.45, 2.75) is 41.4 Å². The first-order valence-corrected chi connectivity index (χ1v) is 11.8. The Hall–Kier alpha value is -1.81. The molecule has 3 aliphatic rings. The fourth-order valence-electron chi connectivity index (χ4n) is 4.71. The summed E-state index contributed by atoms with van der Waals surface area (Å²) in [7, 11) is 0. The van der Waals surface area contributed by atoms with E-state index in [-0.39, 0.29) is 11.5 Å². The summed E-state index contributed by atoms with van der Waals surface area (Å²) in [5.74, 6) is 1.10. The molecule has 2 atom stereocenters. The molecule has 0 saturated carbocycles. The smallest absolute Gasteiger partial charge is 0.158 e. The van der Waals surface area contributed by atoms with Crippen molar-refractivity contribution in [1.29, 1.82) is 0 Å². The van der Waals surface area contributed by atoms with E-state index in [4.69, 9.17) is 27.8 Å². The third-order valence-corrected chi connectivity index (χ3v) is 8.08. The number of hydrogen-bond acceptors (Lipinski definition) is 8. The number of anilines is 3. The first-order chi connectivity index (χ1) is 15.0. The van der Waals surface area contributed by atoms with E-state index in [0.717, 1.165) is 43.3 Å². The Morgan fingerprint density at radius 1 is 1.32 bits per heavy atom. The van der Waals surface area contributed by atoms with E-state index in [2.05, 4.69) is 20.2 Å². The molecule has 0 radical (unpaired) electrons. The number of benzene rings is 1. The molecule has 3 aliphatic heterocycles. The molecule has 0 aliphatic carbocycles. The van der Waals surface area contributed by atoms with Crippen LogP contribution in [-0.4, -0.2) is 48.9 Å². The fraction of sp³-hybridized carbons (Fsp3) is 0.524. The molecule has 2 aromatic rings. The molecule has 0 bridgehead atoms. The monoisotopic (exact) mass is 464 g/mol. The van der Waals surface area contributed by atoms with Gasteiger partial charge in [-0.3, -0.25) is 0 Å². The SMILES string of the molecule is Nc1nc(N2CCC3(CC2)COC[C@H]3N)cnc1Sc1ccc(Cl)c2c1C(F)CCN2. The summed E-state index contributed by atoms with van der Waals surface area (Å²) in [5, 5.41) is 4.28. The van der Waals surface area contributed by atoms with E-state index in [1.165, 1.54) is 11.8 Å². The number of nitrogens with one attached hydrogen (secondary N) is 1. The number of hydrogen-bond donors (Lipinski definition) is 3. The maximum atomic E-state index is 14.7. The zero-order valence-electron chi connectivity index (χ0n) is 17.1. The molecule has 31 heavy (non-hydrogen) atoms. The van der Waals surface area contributed by atoms with Gasteiger partial charge in [0.1, 0.15) is 17.0 Å². The number of ether oxygens (including phenoxy) is 1. The van der Waals surface area contributed by atoms with Crippen LogP contribution < -0.4 is 21.7 Å². The van der Waals surface area contributed by atoms with E-state index in [0.29, 0.717) is 46.7 Å². The number of rotatable bonds is 3. The predicted molar refractivity (Wildman–Crippen MR) is 122 cm³/mol. The Bertz CT molecular complexity index is 987. The van der Waals surface area contributed by atoms with Crippen molar-refractivity contribution in [3.63, 3.8) is 0 Å². The molecule has 166 valence electrons. The second-order valence-corrected chi connectivity index (χ2v) is 9.95. The van der Waals surface area contributed by atoms with Crippen LogP contribution in [-0.2, 0) is 4.74 Å². The minimum absolute atomic E-state index is 0.0792.